The Hall–Kier alpha value is -0.0500. The molecular formula is C8H23NO7P+. The standard InChI is InChI=1S/C5H14NO4P.C3H8O3/c1-6(2,3)4-5-10-11(7,8)9;4-1-3(6)2-5/h4-5H2,1-3H3,(H-,7,8,9);3-6H,1-2H2/p+1. The van der Waals surface area contributed by atoms with Crippen LogP contribution in [0.5, 0.6) is 0 Å². The van der Waals surface area contributed by atoms with Gasteiger partial charge in [0.2, 0.25) is 0 Å². The van der Waals surface area contributed by atoms with Crippen LogP contribution < -0.4 is 0 Å². The van der Waals surface area contributed by atoms with Crippen LogP contribution in [0.3, 0.4) is 0 Å². The number of likely N-dealkylation sites (N-methyl/N-ethyl adjacent to an activating group) is 1. The Morgan fingerprint density at radius 2 is 1.59 bits per heavy atom. The van der Waals surface area contributed by atoms with Gasteiger partial charge in [0.25, 0.3) is 0 Å². The third-order valence-electron chi connectivity index (χ3n) is 1.44. The lowest BCUT2D eigenvalue weighted by molar-refractivity contribution is -0.870. The average molecular weight is 276 g/mol. The molecule has 0 spiro atoms. The van der Waals surface area contributed by atoms with Crippen molar-refractivity contribution in [3.63, 3.8) is 0 Å². The van der Waals surface area contributed by atoms with E-state index in [-0.39, 0.29) is 19.8 Å². The predicted molar refractivity (Wildman–Crippen MR) is 61.1 cm³/mol. The van der Waals surface area contributed by atoms with Crippen LogP contribution >= 0.6 is 7.82 Å². The minimum Gasteiger partial charge on any atom is -0.394 e. The van der Waals surface area contributed by atoms with E-state index < -0.39 is 13.9 Å². The summed E-state index contributed by atoms with van der Waals surface area (Å²) < 4.78 is 15.1. The summed E-state index contributed by atoms with van der Waals surface area (Å²) in [6.07, 6.45) is -0.954. The minimum atomic E-state index is -4.26. The zero-order valence-electron chi connectivity index (χ0n) is 10.4. The van der Waals surface area contributed by atoms with Gasteiger partial charge in [0.15, 0.2) is 0 Å². The minimum absolute atomic E-state index is 0.0772. The molecule has 0 aromatic rings. The van der Waals surface area contributed by atoms with Crippen molar-refractivity contribution in [3.8, 4) is 0 Å². The summed E-state index contributed by atoms with van der Waals surface area (Å²) in [6, 6.07) is 0. The summed E-state index contributed by atoms with van der Waals surface area (Å²) in [5.74, 6) is 0. The fourth-order valence-electron chi connectivity index (χ4n) is 0.491. The SMILES string of the molecule is C[N+](C)(C)CCOP(=O)(O)O.OCC(O)CO. The van der Waals surface area contributed by atoms with Crippen molar-refractivity contribution < 1.29 is 38.7 Å². The molecule has 0 saturated carbocycles. The number of aliphatic hydroxyl groups excluding tert-OH is 3. The molecule has 0 radical (unpaired) electrons. The lowest BCUT2D eigenvalue weighted by atomic mass is 10.4. The van der Waals surface area contributed by atoms with Crippen LogP contribution in [0.2, 0.25) is 0 Å². The van der Waals surface area contributed by atoms with Gasteiger partial charge >= 0.3 is 7.82 Å². The van der Waals surface area contributed by atoms with Gasteiger partial charge in [-0.15, -0.1) is 0 Å². The van der Waals surface area contributed by atoms with Crippen molar-refractivity contribution in [2.24, 2.45) is 0 Å². The average Bonchev–Trinajstić information content (AvgIpc) is 2.13. The van der Waals surface area contributed by atoms with Gasteiger partial charge in [-0.2, -0.15) is 0 Å². The molecule has 8 nitrogen and oxygen atoms in total. The number of phosphoric ester groups is 1. The molecule has 0 aromatic heterocycles. The normalized spacial score (nSPS) is 12.3. The number of phosphoric acid groups is 1. The number of quaternary nitrogens is 1. The highest BCUT2D eigenvalue weighted by Gasteiger charge is 2.15. The molecule has 0 aliphatic rings. The zero-order chi connectivity index (χ0) is 14.1. The van der Waals surface area contributed by atoms with Crippen molar-refractivity contribution in [2.75, 3.05) is 47.5 Å². The highest BCUT2D eigenvalue weighted by molar-refractivity contribution is 7.46. The van der Waals surface area contributed by atoms with E-state index in [0.717, 1.165) is 0 Å². The summed E-state index contributed by atoms with van der Waals surface area (Å²) in [4.78, 5) is 16.6. The van der Waals surface area contributed by atoms with Gasteiger partial charge in [0, 0.05) is 0 Å². The summed E-state index contributed by atoms with van der Waals surface area (Å²) in [5.41, 5.74) is 0. The molecule has 0 unspecified atom stereocenters. The molecular weight excluding hydrogens is 253 g/mol. The number of hydrogen-bond acceptors (Lipinski definition) is 5. The highest BCUT2D eigenvalue weighted by Crippen LogP contribution is 2.35. The van der Waals surface area contributed by atoms with E-state index in [1.807, 2.05) is 21.1 Å². The van der Waals surface area contributed by atoms with Gasteiger partial charge in [-0.3, -0.25) is 4.52 Å². The molecule has 0 aliphatic carbocycles. The first kappa shape index (κ1) is 19.3. The molecule has 17 heavy (non-hydrogen) atoms. The zero-order valence-corrected chi connectivity index (χ0v) is 11.2. The number of aliphatic hydroxyl groups is 3. The fourth-order valence-corrected chi connectivity index (χ4v) is 0.811. The van der Waals surface area contributed by atoms with Crippen LogP contribution in [-0.2, 0) is 9.09 Å². The summed E-state index contributed by atoms with van der Waals surface area (Å²) in [7, 11) is 1.50. The van der Waals surface area contributed by atoms with Gasteiger partial charge in [-0.1, -0.05) is 0 Å². The molecule has 0 heterocycles. The van der Waals surface area contributed by atoms with Gasteiger partial charge < -0.3 is 29.6 Å². The maximum atomic E-state index is 10.2. The molecule has 0 rings (SSSR count). The first-order valence-electron chi connectivity index (χ1n) is 4.92. The number of nitrogens with zero attached hydrogens (tertiary/aromatic N) is 1. The second kappa shape index (κ2) is 8.96. The Labute approximate surface area is 101 Å². The van der Waals surface area contributed by atoms with Crippen LogP contribution in [0.1, 0.15) is 0 Å². The maximum Gasteiger partial charge on any atom is 0.469 e. The first-order chi connectivity index (χ1) is 7.52. The second-order valence-electron chi connectivity index (χ2n) is 4.36. The van der Waals surface area contributed by atoms with Gasteiger partial charge in [0.1, 0.15) is 19.3 Å². The lowest BCUT2D eigenvalue weighted by Gasteiger charge is -2.23. The quantitative estimate of drug-likeness (QED) is 0.284. The molecule has 0 fully saturated rings. The third kappa shape index (κ3) is 21.7. The summed E-state index contributed by atoms with van der Waals surface area (Å²) in [5, 5.41) is 24.0. The van der Waals surface area contributed by atoms with Crippen molar-refractivity contribution in [1.82, 2.24) is 0 Å². The maximum absolute atomic E-state index is 10.2. The van der Waals surface area contributed by atoms with Crippen LogP contribution in [0.4, 0.5) is 0 Å². The third-order valence-corrected chi connectivity index (χ3v) is 1.96. The van der Waals surface area contributed by atoms with E-state index in [0.29, 0.717) is 11.0 Å². The molecule has 0 aromatic carbocycles. The molecule has 106 valence electrons. The Balaban J connectivity index is 0. The Kier molecular flexibility index (Phi) is 10.2. The fraction of sp³-hybridized carbons (Fsp3) is 1.00. The van der Waals surface area contributed by atoms with Crippen molar-refractivity contribution in [3.05, 3.63) is 0 Å². The van der Waals surface area contributed by atoms with Gasteiger partial charge in [-0.05, 0) is 0 Å². The largest absolute Gasteiger partial charge is 0.469 e. The Bertz CT molecular complexity index is 220. The monoisotopic (exact) mass is 276 g/mol. The van der Waals surface area contributed by atoms with Crippen LogP contribution in [0.15, 0.2) is 0 Å². The van der Waals surface area contributed by atoms with E-state index in [1.165, 1.54) is 0 Å². The molecule has 5 N–H and O–H groups in total. The van der Waals surface area contributed by atoms with Crippen molar-refractivity contribution in [2.45, 2.75) is 6.10 Å². The van der Waals surface area contributed by atoms with E-state index >= 15 is 0 Å². The molecule has 0 aliphatic heterocycles. The Morgan fingerprint density at radius 1 is 1.18 bits per heavy atom. The smallest absolute Gasteiger partial charge is 0.394 e. The molecule has 9 heteroatoms. The predicted octanol–water partition coefficient (Wildman–Crippen LogP) is -1.87. The van der Waals surface area contributed by atoms with E-state index in [2.05, 4.69) is 4.52 Å². The van der Waals surface area contributed by atoms with Crippen molar-refractivity contribution in [1.29, 1.82) is 0 Å². The van der Waals surface area contributed by atoms with Crippen LogP contribution in [0.25, 0.3) is 0 Å². The van der Waals surface area contributed by atoms with E-state index in [1.54, 1.807) is 0 Å². The molecule has 0 amide bonds. The van der Waals surface area contributed by atoms with Gasteiger partial charge in [-0.25, -0.2) is 4.57 Å². The van der Waals surface area contributed by atoms with Crippen LogP contribution in [-0.4, -0.2) is 83.2 Å². The second-order valence-corrected chi connectivity index (χ2v) is 5.60. The molecule has 0 saturated heterocycles. The van der Waals surface area contributed by atoms with Crippen molar-refractivity contribution >= 4 is 7.82 Å². The van der Waals surface area contributed by atoms with Crippen LogP contribution in [0, 0.1) is 0 Å². The molecule has 0 bridgehead atoms. The highest BCUT2D eigenvalue weighted by atomic mass is 31.2. The molecule has 0 atom stereocenters. The van der Waals surface area contributed by atoms with E-state index in [4.69, 9.17) is 25.1 Å². The number of hydrogen-bond donors (Lipinski definition) is 5. The summed E-state index contributed by atoms with van der Waals surface area (Å²) in [6.45, 7) is -0.0775. The number of rotatable bonds is 6. The van der Waals surface area contributed by atoms with E-state index in [9.17, 15) is 4.57 Å². The Morgan fingerprint density at radius 3 is 1.76 bits per heavy atom. The first-order valence-corrected chi connectivity index (χ1v) is 6.45. The summed E-state index contributed by atoms with van der Waals surface area (Å²) >= 11 is 0. The van der Waals surface area contributed by atoms with Gasteiger partial charge in [0.05, 0.1) is 34.4 Å². The lowest BCUT2D eigenvalue weighted by Crippen LogP contribution is -2.37. The topological polar surface area (TPSA) is 127 Å².